The summed E-state index contributed by atoms with van der Waals surface area (Å²) < 4.78 is 14.3. The van der Waals surface area contributed by atoms with Crippen LogP contribution in [-0.4, -0.2) is 19.6 Å². The van der Waals surface area contributed by atoms with Gasteiger partial charge in [-0.1, -0.05) is 26.0 Å². The van der Waals surface area contributed by atoms with Crippen LogP contribution in [0.4, 0.5) is 10.1 Å². The van der Waals surface area contributed by atoms with Gasteiger partial charge in [0.25, 0.3) is 0 Å². The summed E-state index contributed by atoms with van der Waals surface area (Å²) in [7, 11) is 1.91. The summed E-state index contributed by atoms with van der Waals surface area (Å²) in [5.74, 6) is 0.573. The lowest BCUT2D eigenvalue weighted by Gasteiger charge is -2.28. The third-order valence-electron chi connectivity index (χ3n) is 3.66. The van der Waals surface area contributed by atoms with E-state index in [1.807, 2.05) is 13.1 Å². The Hall–Kier alpha value is -1.09. The van der Waals surface area contributed by atoms with Crippen LogP contribution in [-0.2, 0) is 6.54 Å². The van der Waals surface area contributed by atoms with Gasteiger partial charge >= 0.3 is 0 Å². The molecule has 0 aliphatic heterocycles. The van der Waals surface area contributed by atoms with Gasteiger partial charge < -0.3 is 10.2 Å². The van der Waals surface area contributed by atoms with Crippen molar-refractivity contribution in [1.82, 2.24) is 5.32 Å². The largest absolute Gasteiger partial charge is 0.366 e. The number of anilines is 1. The maximum Gasteiger partial charge on any atom is 0.146 e. The minimum atomic E-state index is -0.0802. The highest BCUT2D eigenvalue weighted by atomic mass is 19.1. The third kappa shape index (κ3) is 3.69. The van der Waals surface area contributed by atoms with Gasteiger partial charge in [-0.05, 0) is 43.9 Å². The number of para-hydroxylation sites is 1. The molecule has 1 aliphatic carbocycles. The van der Waals surface area contributed by atoms with E-state index in [1.165, 1.54) is 12.8 Å². The molecule has 1 aromatic carbocycles. The van der Waals surface area contributed by atoms with Crippen molar-refractivity contribution in [1.29, 1.82) is 0 Å². The molecule has 0 aromatic heterocycles. The second-order valence-electron chi connectivity index (χ2n) is 5.88. The summed E-state index contributed by atoms with van der Waals surface area (Å²) in [4.78, 5) is 2.29. The topological polar surface area (TPSA) is 15.3 Å². The van der Waals surface area contributed by atoms with Crippen molar-refractivity contribution >= 4 is 5.69 Å². The van der Waals surface area contributed by atoms with Crippen LogP contribution in [0.5, 0.6) is 0 Å². The van der Waals surface area contributed by atoms with E-state index in [0.29, 0.717) is 12.0 Å². The fraction of sp³-hybridized carbons (Fsp3) is 0.625. The summed E-state index contributed by atoms with van der Waals surface area (Å²) in [5, 5.41) is 3.14. The maximum absolute atomic E-state index is 14.3. The fourth-order valence-corrected chi connectivity index (χ4v) is 2.48. The first kappa shape index (κ1) is 14.3. The van der Waals surface area contributed by atoms with Crippen molar-refractivity contribution in [3.05, 3.63) is 29.6 Å². The second kappa shape index (κ2) is 6.38. The van der Waals surface area contributed by atoms with Gasteiger partial charge in [0.05, 0.1) is 5.69 Å². The Morgan fingerprint density at radius 3 is 2.68 bits per heavy atom. The molecular weight excluding hydrogens is 239 g/mol. The van der Waals surface area contributed by atoms with Crippen LogP contribution in [0.3, 0.4) is 0 Å². The normalized spacial score (nSPS) is 15.0. The molecular formula is C16H25FN2. The minimum Gasteiger partial charge on any atom is -0.366 e. The molecule has 0 heterocycles. The highest BCUT2D eigenvalue weighted by molar-refractivity contribution is 5.56. The van der Waals surface area contributed by atoms with Gasteiger partial charge in [-0.25, -0.2) is 4.39 Å². The molecule has 19 heavy (non-hydrogen) atoms. The molecule has 1 aromatic rings. The van der Waals surface area contributed by atoms with E-state index < -0.39 is 0 Å². The van der Waals surface area contributed by atoms with Crippen molar-refractivity contribution in [3.8, 4) is 0 Å². The Morgan fingerprint density at radius 2 is 2.11 bits per heavy atom. The highest BCUT2D eigenvalue weighted by Crippen LogP contribution is 2.35. The van der Waals surface area contributed by atoms with Crippen molar-refractivity contribution in [2.45, 2.75) is 45.7 Å². The van der Waals surface area contributed by atoms with Gasteiger partial charge in [0.15, 0.2) is 0 Å². The molecule has 0 spiro atoms. The number of halogens is 1. The van der Waals surface area contributed by atoms with Gasteiger partial charge in [0, 0.05) is 19.1 Å². The zero-order chi connectivity index (χ0) is 13.8. The molecule has 0 atom stereocenters. The lowest BCUT2D eigenvalue weighted by molar-refractivity contribution is 0.556. The molecule has 3 heteroatoms. The standard InChI is InChI=1S/C16H25FN2/c1-12(2)9-10-19(14-7-8-14)16-13(11-18-3)5-4-6-15(16)17/h4-6,12,14,18H,7-11H2,1-3H3. The van der Waals surface area contributed by atoms with E-state index >= 15 is 0 Å². The molecule has 0 bridgehead atoms. The lowest BCUT2D eigenvalue weighted by atomic mass is 10.1. The van der Waals surface area contributed by atoms with Crippen LogP contribution >= 0.6 is 0 Å². The number of hydrogen-bond donors (Lipinski definition) is 1. The monoisotopic (exact) mass is 264 g/mol. The van der Waals surface area contributed by atoms with Crippen molar-refractivity contribution in [2.75, 3.05) is 18.5 Å². The van der Waals surface area contributed by atoms with Crippen LogP contribution in [0, 0.1) is 11.7 Å². The van der Waals surface area contributed by atoms with Crippen LogP contribution in [0.2, 0.25) is 0 Å². The fourth-order valence-electron chi connectivity index (χ4n) is 2.48. The van der Waals surface area contributed by atoms with Gasteiger partial charge in [-0.2, -0.15) is 0 Å². The Bertz CT molecular complexity index is 413. The van der Waals surface area contributed by atoms with Gasteiger partial charge in [0.1, 0.15) is 5.82 Å². The molecule has 0 amide bonds. The molecule has 106 valence electrons. The summed E-state index contributed by atoms with van der Waals surface area (Å²) in [5.41, 5.74) is 1.89. The zero-order valence-electron chi connectivity index (χ0n) is 12.2. The Labute approximate surface area is 116 Å². The number of nitrogens with zero attached hydrogens (tertiary/aromatic N) is 1. The Kier molecular flexibility index (Phi) is 4.81. The van der Waals surface area contributed by atoms with Gasteiger partial charge in [0.2, 0.25) is 0 Å². The van der Waals surface area contributed by atoms with Crippen molar-refractivity contribution < 1.29 is 4.39 Å². The molecule has 1 saturated carbocycles. The average Bonchev–Trinajstić information content (AvgIpc) is 3.17. The summed E-state index contributed by atoms with van der Waals surface area (Å²) >= 11 is 0. The van der Waals surface area contributed by atoms with Crippen LogP contribution in [0.15, 0.2) is 18.2 Å². The number of nitrogens with one attached hydrogen (secondary N) is 1. The van der Waals surface area contributed by atoms with Crippen molar-refractivity contribution in [2.24, 2.45) is 5.92 Å². The first-order valence-corrected chi connectivity index (χ1v) is 7.32. The van der Waals surface area contributed by atoms with Gasteiger partial charge in [-0.3, -0.25) is 0 Å². The SMILES string of the molecule is CNCc1cccc(F)c1N(CCC(C)C)C1CC1. The highest BCUT2D eigenvalue weighted by Gasteiger charge is 2.31. The van der Waals surface area contributed by atoms with E-state index in [-0.39, 0.29) is 5.82 Å². The summed E-state index contributed by atoms with van der Waals surface area (Å²) in [6.07, 6.45) is 3.51. The molecule has 0 saturated heterocycles. The number of benzene rings is 1. The quantitative estimate of drug-likeness (QED) is 0.810. The second-order valence-corrected chi connectivity index (χ2v) is 5.88. The Morgan fingerprint density at radius 1 is 1.37 bits per heavy atom. The molecule has 1 N–H and O–H groups in total. The first-order valence-electron chi connectivity index (χ1n) is 7.32. The molecule has 1 aliphatic rings. The molecule has 0 radical (unpaired) electrons. The van der Waals surface area contributed by atoms with E-state index in [2.05, 4.69) is 24.1 Å². The van der Waals surface area contributed by atoms with E-state index in [9.17, 15) is 4.39 Å². The average molecular weight is 264 g/mol. The first-order chi connectivity index (χ1) is 9.13. The van der Waals surface area contributed by atoms with Gasteiger partial charge in [-0.15, -0.1) is 0 Å². The maximum atomic E-state index is 14.3. The lowest BCUT2D eigenvalue weighted by Crippen LogP contribution is -2.30. The minimum absolute atomic E-state index is 0.0802. The predicted molar refractivity (Wildman–Crippen MR) is 79.0 cm³/mol. The molecule has 1 fully saturated rings. The van der Waals surface area contributed by atoms with Crippen LogP contribution in [0.25, 0.3) is 0 Å². The van der Waals surface area contributed by atoms with Crippen LogP contribution in [0.1, 0.15) is 38.7 Å². The molecule has 0 unspecified atom stereocenters. The number of hydrogen-bond acceptors (Lipinski definition) is 2. The zero-order valence-corrected chi connectivity index (χ0v) is 12.2. The van der Waals surface area contributed by atoms with E-state index in [4.69, 9.17) is 0 Å². The summed E-state index contributed by atoms with van der Waals surface area (Å²) in [6.45, 7) is 6.12. The smallest absolute Gasteiger partial charge is 0.146 e. The summed E-state index contributed by atoms with van der Waals surface area (Å²) in [6, 6.07) is 5.96. The predicted octanol–water partition coefficient (Wildman–Crippen LogP) is 3.56. The van der Waals surface area contributed by atoms with E-state index in [1.54, 1.807) is 12.1 Å². The van der Waals surface area contributed by atoms with Crippen molar-refractivity contribution in [3.63, 3.8) is 0 Å². The molecule has 2 nitrogen and oxygen atoms in total. The van der Waals surface area contributed by atoms with E-state index in [0.717, 1.165) is 30.8 Å². The van der Waals surface area contributed by atoms with Crippen LogP contribution < -0.4 is 10.2 Å². The third-order valence-corrected chi connectivity index (χ3v) is 3.66. The molecule has 2 rings (SSSR count). The Balaban J connectivity index is 2.24. The number of rotatable bonds is 7.